The van der Waals surface area contributed by atoms with Crippen LogP contribution in [0, 0.1) is 12.7 Å². The number of anilines is 1. The average molecular weight is 399 g/mol. The van der Waals surface area contributed by atoms with Crippen LogP contribution in [0.1, 0.15) is 43.7 Å². The van der Waals surface area contributed by atoms with Crippen LogP contribution in [0.25, 0.3) is 0 Å². The van der Waals surface area contributed by atoms with Gasteiger partial charge in [0.05, 0.1) is 18.2 Å². The van der Waals surface area contributed by atoms with Crippen molar-refractivity contribution in [3.8, 4) is 5.75 Å². The maximum absolute atomic E-state index is 13.3. The lowest BCUT2D eigenvalue weighted by Gasteiger charge is -2.28. The Balaban J connectivity index is 1.74. The highest BCUT2D eigenvalue weighted by atomic mass is 19.1. The summed E-state index contributed by atoms with van der Waals surface area (Å²) in [5.74, 6) is -0.703. The van der Waals surface area contributed by atoms with Crippen LogP contribution in [-0.4, -0.2) is 25.1 Å². The topological polar surface area (TPSA) is 64.6 Å². The number of hydrogen-bond donors (Lipinski definition) is 1. The lowest BCUT2D eigenvalue weighted by molar-refractivity contribution is -0.159. The molecule has 2 aromatic rings. The summed E-state index contributed by atoms with van der Waals surface area (Å²) in [7, 11) is 1.52. The van der Waals surface area contributed by atoms with E-state index in [1.54, 1.807) is 31.2 Å². The van der Waals surface area contributed by atoms with Gasteiger partial charge in [-0.3, -0.25) is 9.59 Å². The van der Waals surface area contributed by atoms with Gasteiger partial charge in [0.2, 0.25) is 0 Å². The number of halogens is 1. The summed E-state index contributed by atoms with van der Waals surface area (Å²) >= 11 is 0. The summed E-state index contributed by atoms with van der Waals surface area (Å²) < 4.78 is 24.2. The minimum Gasteiger partial charge on any atom is -0.495 e. The second kappa shape index (κ2) is 8.64. The molecule has 1 aliphatic rings. The Morgan fingerprint density at radius 1 is 1.10 bits per heavy atom. The number of amides is 1. The van der Waals surface area contributed by atoms with Crippen molar-refractivity contribution in [3.63, 3.8) is 0 Å². The van der Waals surface area contributed by atoms with Gasteiger partial charge in [0.1, 0.15) is 11.6 Å². The second-order valence-electron chi connectivity index (χ2n) is 7.54. The molecule has 1 aliphatic carbocycles. The zero-order valence-corrected chi connectivity index (χ0v) is 17.0. The summed E-state index contributed by atoms with van der Waals surface area (Å²) in [5.41, 5.74) is 1.39. The predicted octanol–water partition coefficient (Wildman–Crippen LogP) is 4.52. The van der Waals surface area contributed by atoms with Gasteiger partial charge in [0.25, 0.3) is 5.91 Å². The van der Waals surface area contributed by atoms with Crippen molar-refractivity contribution >= 4 is 17.6 Å². The third-order valence-corrected chi connectivity index (χ3v) is 5.51. The molecule has 154 valence electrons. The zero-order valence-electron chi connectivity index (χ0n) is 17.0. The lowest BCUT2D eigenvalue weighted by Crippen LogP contribution is -2.39. The maximum atomic E-state index is 13.3. The number of carbonyl (C=O) groups is 2. The molecule has 0 heterocycles. The van der Waals surface area contributed by atoms with Gasteiger partial charge in [-0.05, 0) is 62.1 Å². The Labute approximate surface area is 170 Å². The van der Waals surface area contributed by atoms with E-state index in [0.29, 0.717) is 24.3 Å². The Morgan fingerprint density at radius 3 is 2.38 bits per heavy atom. The van der Waals surface area contributed by atoms with E-state index in [4.69, 9.17) is 9.47 Å². The van der Waals surface area contributed by atoms with Crippen LogP contribution in [0.4, 0.5) is 10.1 Å². The highest BCUT2D eigenvalue weighted by Crippen LogP contribution is 2.42. The molecule has 3 rings (SSSR count). The molecular weight excluding hydrogens is 373 g/mol. The monoisotopic (exact) mass is 399 g/mol. The summed E-state index contributed by atoms with van der Waals surface area (Å²) in [6, 6.07) is 11.4. The molecule has 6 heteroatoms. The van der Waals surface area contributed by atoms with Gasteiger partial charge in [-0.1, -0.05) is 31.0 Å². The Bertz CT molecular complexity index is 888. The van der Waals surface area contributed by atoms with Crippen molar-refractivity contribution in [1.82, 2.24) is 0 Å². The van der Waals surface area contributed by atoms with E-state index in [1.807, 2.05) is 13.0 Å². The minimum atomic E-state index is -0.981. The first-order chi connectivity index (χ1) is 13.9. The molecule has 0 bridgehead atoms. The number of carbonyl (C=O) groups excluding carboxylic acids is 2. The van der Waals surface area contributed by atoms with E-state index in [0.717, 1.165) is 24.0 Å². The fraction of sp³-hybridized carbons (Fsp3) is 0.391. The van der Waals surface area contributed by atoms with Crippen LogP contribution in [0.15, 0.2) is 42.5 Å². The average Bonchev–Trinajstić information content (AvgIpc) is 3.20. The van der Waals surface area contributed by atoms with Gasteiger partial charge in [-0.15, -0.1) is 0 Å². The van der Waals surface area contributed by atoms with Gasteiger partial charge in [-0.25, -0.2) is 4.39 Å². The van der Waals surface area contributed by atoms with Gasteiger partial charge in [0.15, 0.2) is 6.10 Å². The number of benzene rings is 2. The molecule has 1 atom stereocenters. The van der Waals surface area contributed by atoms with Crippen molar-refractivity contribution in [3.05, 3.63) is 59.4 Å². The van der Waals surface area contributed by atoms with Gasteiger partial charge < -0.3 is 14.8 Å². The molecule has 1 N–H and O–H groups in total. The van der Waals surface area contributed by atoms with E-state index in [2.05, 4.69) is 5.32 Å². The first kappa shape index (κ1) is 20.8. The first-order valence-electron chi connectivity index (χ1n) is 9.78. The number of esters is 1. The molecular formula is C23H26FNO4. The number of ether oxygens (including phenoxy) is 2. The molecule has 0 saturated heterocycles. The fourth-order valence-electron chi connectivity index (χ4n) is 3.84. The van der Waals surface area contributed by atoms with Crippen molar-refractivity contribution in [2.45, 2.75) is 51.0 Å². The molecule has 2 aromatic carbocycles. The number of aryl methyl sites for hydroxylation is 1. The van der Waals surface area contributed by atoms with Gasteiger partial charge in [0, 0.05) is 0 Å². The van der Waals surface area contributed by atoms with Crippen LogP contribution in [-0.2, 0) is 19.7 Å². The molecule has 29 heavy (non-hydrogen) atoms. The predicted molar refractivity (Wildman–Crippen MR) is 108 cm³/mol. The molecule has 1 fully saturated rings. The fourth-order valence-corrected chi connectivity index (χ4v) is 3.84. The molecule has 0 spiro atoms. The van der Waals surface area contributed by atoms with Crippen molar-refractivity contribution in [1.29, 1.82) is 0 Å². The molecule has 0 aliphatic heterocycles. The van der Waals surface area contributed by atoms with E-state index < -0.39 is 23.4 Å². The first-order valence-corrected chi connectivity index (χ1v) is 9.78. The van der Waals surface area contributed by atoms with E-state index in [9.17, 15) is 14.0 Å². The molecule has 1 saturated carbocycles. The highest BCUT2D eigenvalue weighted by Gasteiger charge is 2.45. The van der Waals surface area contributed by atoms with Crippen LogP contribution in [0.3, 0.4) is 0 Å². The third kappa shape index (κ3) is 4.42. The van der Waals surface area contributed by atoms with Crippen LogP contribution in [0.2, 0.25) is 0 Å². The molecule has 0 radical (unpaired) electrons. The summed E-state index contributed by atoms with van der Waals surface area (Å²) in [5, 5.41) is 2.77. The minimum absolute atomic E-state index is 0.352. The van der Waals surface area contributed by atoms with E-state index in [-0.39, 0.29) is 5.82 Å². The number of rotatable bonds is 6. The number of nitrogens with one attached hydrogen (secondary N) is 1. The SMILES string of the molecule is COc1ccc(C)cc1NC(=O)[C@H](C)OC(=O)C1(c2ccc(F)cc2)CCCC1. The Morgan fingerprint density at radius 2 is 1.76 bits per heavy atom. The Hall–Kier alpha value is -2.89. The quantitative estimate of drug-likeness (QED) is 0.725. The van der Waals surface area contributed by atoms with Crippen LogP contribution >= 0.6 is 0 Å². The number of hydrogen-bond acceptors (Lipinski definition) is 4. The Kier molecular flexibility index (Phi) is 6.20. The molecule has 0 aromatic heterocycles. The van der Waals surface area contributed by atoms with Gasteiger partial charge >= 0.3 is 5.97 Å². The summed E-state index contributed by atoms with van der Waals surface area (Å²) in [4.78, 5) is 25.7. The summed E-state index contributed by atoms with van der Waals surface area (Å²) in [6.07, 6.45) is 2.03. The standard InChI is InChI=1S/C23H26FNO4/c1-15-6-11-20(28-3)19(14-15)25-21(26)16(2)29-22(27)23(12-4-5-13-23)17-7-9-18(24)10-8-17/h6-11,14,16H,4-5,12-13H2,1-3H3,(H,25,26)/t16-/m0/s1. The van der Waals surface area contributed by atoms with Gasteiger partial charge in [-0.2, -0.15) is 0 Å². The second-order valence-corrected chi connectivity index (χ2v) is 7.54. The molecule has 5 nitrogen and oxygen atoms in total. The summed E-state index contributed by atoms with van der Waals surface area (Å²) in [6.45, 7) is 3.45. The van der Waals surface area contributed by atoms with Crippen molar-refractivity contribution < 1.29 is 23.5 Å². The van der Waals surface area contributed by atoms with Crippen molar-refractivity contribution in [2.24, 2.45) is 0 Å². The third-order valence-electron chi connectivity index (χ3n) is 5.51. The smallest absolute Gasteiger partial charge is 0.317 e. The maximum Gasteiger partial charge on any atom is 0.317 e. The highest BCUT2D eigenvalue weighted by molar-refractivity contribution is 5.97. The van der Waals surface area contributed by atoms with Crippen molar-refractivity contribution in [2.75, 3.05) is 12.4 Å². The largest absolute Gasteiger partial charge is 0.495 e. The normalized spacial score (nSPS) is 16.1. The molecule has 0 unspecified atom stereocenters. The molecule has 1 amide bonds. The van der Waals surface area contributed by atoms with Crippen LogP contribution < -0.4 is 10.1 Å². The number of methoxy groups -OCH3 is 1. The zero-order chi connectivity index (χ0) is 21.0. The van der Waals surface area contributed by atoms with Crippen LogP contribution in [0.5, 0.6) is 5.75 Å². The van der Waals surface area contributed by atoms with E-state index >= 15 is 0 Å². The lowest BCUT2D eigenvalue weighted by atomic mass is 9.79. The van der Waals surface area contributed by atoms with E-state index in [1.165, 1.54) is 19.2 Å².